The molecule has 0 radical (unpaired) electrons. The first-order valence-corrected chi connectivity index (χ1v) is 6.18. The van der Waals surface area contributed by atoms with E-state index in [1.54, 1.807) is 24.7 Å². The highest BCUT2D eigenvalue weighted by atomic mass is 32.1. The maximum absolute atomic E-state index is 10.0. The molecular formula is C13H9N3OS. The van der Waals surface area contributed by atoms with Crippen LogP contribution in [0, 0.1) is 0 Å². The first-order chi connectivity index (χ1) is 8.84. The smallest absolute Gasteiger partial charge is 0.249 e. The van der Waals surface area contributed by atoms with Gasteiger partial charge in [0.15, 0.2) is 0 Å². The number of benzene rings is 1. The third-order valence-corrected chi connectivity index (χ3v) is 3.54. The molecule has 88 valence electrons. The number of hydrogen-bond acceptors (Lipinski definition) is 5. The number of thiophene rings is 1. The van der Waals surface area contributed by atoms with Gasteiger partial charge >= 0.3 is 0 Å². The molecule has 0 aliphatic carbocycles. The maximum Gasteiger partial charge on any atom is 0.249 e. The van der Waals surface area contributed by atoms with Crippen LogP contribution in [0.15, 0.2) is 47.7 Å². The molecule has 0 aliphatic heterocycles. The van der Waals surface area contributed by atoms with E-state index in [4.69, 9.17) is 0 Å². The Balaban J connectivity index is 2.00. The van der Waals surface area contributed by atoms with Crippen molar-refractivity contribution < 1.29 is 5.11 Å². The molecule has 0 spiro atoms. The second kappa shape index (κ2) is 4.54. The lowest BCUT2D eigenvalue weighted by atomic mass is 10.2. The zero-order valence-corrected chi connectivity index (χ0v) is 10.1. The second-order valence-electron chi connectivity index (χ2n) is 3.62. The summed E-state index contributed by atoms with van der Waals surface area (Å²) in [6.07, 6.45) is 4.85. The molecule has 3 rings (SSSR count). The van der Waals surface area contributed by atoms with Crippen molar-refractivity contribution in [2.24, 2.45) is 4.99 Å². The predicted molar refractivity (Wildman–Crippen MR) is 72.8 cm³/mol. The number of aromatic hydroxyl groups is 1. The third-order valence-electron chi connectivity index (χ3n) is 2.44. The van der Waals surface area contributed by atoms with Crippen LogP contribution in [0.2, 0.25) is 0 Å². The Morgan fingerprint density at radius 1 is 1.11 bits per heavy atom. The molecule has 0 atom stereocenters. The Morgan fingerprint density at radius 2 is 1.89 bits per heavy atom. The average molecular weight is 255 g/mol. The summed E-state index contributed by atoms with van der Waals surface area (Å²) in [7, 11) is 0. The molecule has 0 aliphatic rings. The number of nitrogens with zero attached hydrogens (tertiary/aromatic N) is 3. The molecule has 3 aromatic rings. The highest BCUT2D eigenvalue weighted by molar-refractivity contribution is 7.21. The van der Waals surface area contributed by atoms with Crippen molar-refractivity contribution in [1.29, 1.82) is 0 Å². The molecule has 4 nitrogen and oxygen atoms in total. The molecule has 0 saturated heterocycles. The fourth-order valence-electron chi connectivity index (χ4n) is 1.61. The van der Waals surface area contributed by atoms with Gasteiger partial charge in [0.05, 0.1) is 11.1 Å². The minimum atomic E-state index is 0.260. The standard InChI is InChI=1S/C13H9N3OS/c17-12-9-4-1-2-5-10(9)18-11(12)8-16-13-14-6-3-7-15-13/h1-8,17H/b16-8+. The summed E-state index contributed by atoms with van der Waals surface area (Å²) in [5, 5.41) is 10.9. The van der Waals surface area contributed by atoms with Crippen molar-refractivity contribution in [3.63, 3.8) is 0 Å². The fraction of sp³-hybridized carbons (Fsp3) is 0. The van der Waals surface area contributed by atoms with Gasteiger partial charge in [-0.05, 0) is 18.2 Å². The van der Waals surface area contributed by atoms with Gasteiger partial charge in [0.1, 0.15) is 5.75 Å². The Bertz CT molecular complexity index is 707. The summed E-state index contributed by atoms with van der Waals surface area (Å²) in [5.41, 5.74) is 0. The molecule has 2 heterocycles. The van der Waals surface area contributed by atoms with E-state index in [0.717, 1.165) is 10.1 Å². The molecule has 0 unspecified atom stereocenters. The van der Waals surface area contributed by atoms with Crippen LogP contribution in [0.25, 0.3) is 10.1 Å². The van der Waals surface area contributed by atoms with Crippen LogP contribution in [0.4, 0.5) is 5.95 Å². The Kier molecular flexibility index (Phi) is 2.74. The molecule has 1 N–H and O–H groups in total. The highest BCUT2D eigenvalue weighted by Crippen LogP contribution is 2.35. The van der Waals surface area contributed by atoms with E-state index in [1.165, 1.54) is 11.3 Å². The van der Waals surface area contributed by atoms with Crippen LogP contribution in [0.5, 0.6) is 5.75 Å². The van der Waals surface area contributed by atoms with E-state index >= 15 is 0 Å². The minimum Gasteiger partial charge on any atom is -0.506 e. The molecule has 0 saturated carbocycles. The zero-order chi connectivity index (χ0) is 12.4. The number of fused-ring (bicyclic) bond motifs is 1. The summed E-state index contributed by atoms with van der Waals surface area (Å²) < 4.78 is 1.03. The first kappa shape index (κ1) is 10.9. The lowest BCUT2D eigenvalue weighted by Crippen LogP contribution is -1.79. The number of aromatic nitrogens is 2. The van der Waals surface area contributed by atoms with Gasteiger partial charge in [0.2, 0.25) is 5.95 Å². The van der Waals surface area contributed by atoms with E-state index in [0.29, 0.717) is 10.8 Å². The van der Waals surface area contributed by atoms with Crippen molar-refractivity contribution in [1.82, 2.24) is 9.97 Å². The fourth-order valence-corrected chi connectivity index (χ4v) is 2.58. The number of hydrogen-bond donors (Lipinski definition) is 1. The lowest BCUT2D eigenvalue weighted by Gasteiger charge is -1.90. The summed E-state index contributed by atoms with van der Waals surface area (Å²) in [6, 6.07) is 9.43. The van der Waals surface area contributed by atoms with Gasteiger partial charge in [-0.1, -0.05) is 12.1 Å². The number of aliphatic imine (C=N–C) groups is 1. The maximum atomic E-state index is 10.0. The molecule has 18 heavy (non-hydrogen) atoms. The van der Waals surface area contributed by atoms with Gasteiger partial charge < -0.3 is 5.11 Å². The molecule has 0 amide bonds. The van der Waals surface area contributed by atoms with Gasteiger partial charge in [-0.3, -0.25) is 0 Å². The van der Waals surface area contributed by atoms with Crippen LogP contribution in [0.3, 0.4) is 0 Å². The molecule has 0 bridgehead atoms. The quantitative estimate of drug-likeness (QED) is 0.716. The van der Waals surface area contributed by atoms with Crippen molar-refractivity contribution in [2.75, 3.05) is 0 Å². The van der Waals surface area contributed by atoms with Crippen molar-refractivity contribution in [3.05, 3.63) is 47.6 Å². The van der Waals surface area contributed by atoms with Crippen molar-refractivity contribution in [2.45, 2.75) is 0 Å². The normalized spacial score (nSPS) is 11.3. The first-order valence-electron chi connectivity index (χ1n) is 5.36. The van der Waals surface area contributed by atoms with Gasteiger partial charge in [-0.25, -0.2) is 15.0 Å². The van der Waals surface area contributed by atoms with Gasteiger partial charge in [0.25, 0.3) is 0 Å². The van der Waals surface area contributed by atoms with E-state index in [-0.39, 0.29) is 5.75 Å². The van der Waals surface area contributed by atoms with Crippen LogP contribution < -0.4 is 0 Å². The lowest BCUT2D eigenvalue weighted by molar-refractivity contribution is 0.483. The molecule has 0 fully saturated rings. The van der Waals surface area contributed by atoms with Crippen LogP contribution in [0.1, 0.15) is 4.88 Å². The van der Waals surface area contributed by atoms with E-state index < -0.39 is 0 Å². The topological polar surface area (TPSA) is 58.4 Å². The summed E-state index contributed by atoms with van der Waals surface area (Å²) in [5.74, 6) is 0.643. The Morgan fingerprint density at radius 3 is 2.67 bits per heavy atom. The van der Waals surface area contributed by atoms with E-state index in [1.807, 2.05) is 24.3 Å². The highest BCUT2D eigenvalue weighted by Gasteiger charge is 2.08. The van der Waals surface area contributed by atoms with Crippen LogP contribution in [-0.2, 0) is 0 Å². The molecular weight excluding hydrogens is 246 g/mol. The van der Waals surface area contributed by atoms with Gasteiger partial charge in [-0.2, -0.15) is 0 Å². The summed E-state index contributed by atoms with van der Waals surface area (Å²) in [4.78, 5) is 12.8. The second-order valence-corrected chi connectivity index (χ2v) is 4.70. The third kappa shape index (κ3) is 1.96. The molecule has 1 aromatic carbocycles. The monoisotopic (exact) mass is 255 g/mol. The van der Waals surface area contributed by atoms with Crippen molar-refractivity contribution >= 4 is 33.6 Å². The van der Waals surface area contributed by atoms with Crippen LogP contribution in [-0.4, -0.2) is 21.3 Å². The van der Waals surface area contributed by atoms with E-state index in [9.17, 15) is 5.11 Å². The van der Waals surface area contributed by atoms with E-state index in [2.05, 4.69) is 15.0 Å². The largest absolute Gasteiger partial charge is 0.506 e. The minimum absolute atomic E-state index is 0.260. The zero-order valence-electron chi connectivity index (χ0n) is 9.32. The molecule has 2 aromatic heterocycles. The van der Waals surface area contributed by atoms with Gasteiger partial charge in [0, 0.05) is 22.5 Å². The van der Waals surface area contributed by atoms with Crippen LogP contribution >= 0.6 is 11.3 Å². The molecule has 5 heteroatoms. The number of rotatable bonds is 2. The van der Waals surface area contributed by atoms with Crippen molar-refractivity contribution in [3.8, 4) is 5.75 Å². The Labute approximate surface area is 107 Å². The average Bonchev–Trinajstić information content (AvgIpc) is 2.75. The summed E-state index contributed by atoms with van der Waals surface area (Å²) >= 11 is 1.49. The Hall–Kier alpha value is -2.27. The predicted octanol–water partition coefficient (Wildman–Crippen LogP) is 3.15. The SMILES string of the molecule is Oc1c(/C=N/c2ncccn2)sc2ccccc12. The summed E-state index contributed by atoms with van der Waals surface area (Å²) in [6.45, 7) is 0. The van der Waals surface area contributed by atoms with Gasteiger partial charge in [-0.15, -0.1) is 11.3 Å².